The number of halogens is 2. The molecule has 0 aliphatic heterocycles. The Morgan fingerprint density at radius 1 is 1.14 bits per heavy atom. The number of nitrogens with one attached hydrogen (secondary N) is 2. The SMILES string of the molecule is CCNC=C1CCC1.CCNc1cc(-n2cc3cc(Cl)ccc3n2)c(Cl)cn1. The maximum absolute atomic E-state index is 6.21. The molecule has 28 heavy (non-hydrogen) atoms. The smallest absolute Gasteiger partial charge is 0.128 e. The molecule has 0 saturated heterocycles. The van der Waals surface area contributed by atoms with Crippen molar-refractivity contribution in [2.45, 2.75) is 33.1 Å². The molecule has 5 nitrogen and oxygen atoms in total. The summed E-state index contributed by atoms with van der Waals surface area (Å²) in [6.07, 6.45) is 9.73. The van der Waals surface area contributed by atoms with Gasteiger partial charge in [0.05, 0.1) is 22.4 Å². The Morgan fingerprint density at radius 3 is 2.64 bits per heavy atom. The molecular formula is C21H25Cl2N5. The summed E-state index contributed by atoms with van der Waals surface area (Å²) in [6, 6.07) is 7.45. The van der Waals surface area contributed by atoms with Gasteiger partial charge in [-0.15, -0.1) is 0 Å². The number of allylic oxidation sites excluding steroid dienone is 1. The minimum absolute atomic E-state index is 0.547. The molecule has 0 unspecified atom stereocenters. The predicted octanol–water partition coefficient (Wildman–Crippen LogP) is 5.82. The number of aromatic nitrogens is 3. The van der Waals surface area contributed by atoms with E-state index in [1.165, 1.54) is 19.3 Å². The Morgan fingerprint density at radius 2 is 1.96 bits per heavy atom. The van der Waals surface area contributed by atoms with Crippen molar-refractivity contribution in [2.24, 2.45) is 0 Å². The molecule has 0 atom stereocenters. The summed E-state index contributed by atoms with van der Waals surface area (Å²) in [5.74, 6) is 0.768. The van der Waals surface area contributed by atoms with Crippen molar-refractivity contribution in [2.75, 3.05) is 18.4 Å². The molecule has 2 heterocycles. The van der Waals surface area contributed by atoms with Crippen LogP contribution in [-0.4, -0.2) is 27.9 Å². The van der Waals surface area contributed by atoms with Gasteiger partial charge in [-0.3, -0.25) is 0 Å². The molecule has 2 aromatic heterocycles. The van der Waals surface area contributed by atoms with Crippen LogP contribution in [0.2, 0.25) is 10.0 Å². The zero-order valence-corrected chi connectivity index (χ0v) is 17.7. The summed E-state index contributed by atoms with van der Waals surface area (Å²) < 4.78 is 1.74. The molecule has 1 saturated carbocycles. The van der Waals surface area contributed by atoms with E-state index in [1.807, 2.05) is 37.4 Å². The fourth-order valence-electron chi connectivity index (χ4n) is 2.77. The van der Waals surface area contributed by atoms with Crippen molar-refractivity contribution in [1.29, 1.82) is 0 Å². The van der Waals surface area contributed by atoms with Gasteiger partial charge in [-0.05, 0) is 57.5 Å². The topological polar surface area (TPSA) is 54.8 Å². The molecule has 148 valence electrons. The molecule has 2 N–H and O–H groups in total. The fourth-order valence-corrected chi connectivity index (χ4v) is 3.14. The van der Waals surface area contributed by atoms with Crippen LogP contribution >= 0.6 is 23.2 Å². The van der Waals surface area contributed by atoms with Crippen LogP contribution in [0, 0.1) is 0 Å². The van der Waals surface area contributed by atoms with Gasteiger partial charge in [-0.2, -0.15) is 5.10 Å². The first-order valence-corrected chi connectivity index (χ1v) is 10.3. The Balaban J connectivity index is 0.000000236. The molecule has 7 heteroatoms. The van der Waals surface area contributed by atoms with E-state index in [9.17, 15) is 0 Å². The number of fused-ring (bicyclic) bond motifs is 1. The number of rotatable bonds is 5. The Hall–Kier alpha value is -2.24. The predicted molar refractivity (Wildman–Crippen MR) is 119 cm³/mol. The number of pyridine rings is 1. The Labute approximate surface area is 175 Å². The number of nitrogens with zero attached hydrogens (tertiary/aromatic N) is 3. The third kappa shape index (κ3) is 5.18. The first-order valence-electron chi connectivity index (χ1n) is 9.56. The first kappa shape index (κ1) is 20.5. The summed E-state index contributed by atoms with van der Waals surface area (Å²) in [5.41, 5.74) is 3.24. The lowest BCUT2D eigenvalue weighted by atomic mass is 9.94. The van der Waals surface area contributed by atoms with Crippen molar-refractivity contribution < 1.29 is 0 Å². The quantitative estimate of drug-likeness (QED) is 0.548. The van der Waals surface area contributed by atoms with Gasteiger partial charge in [0.15, 0.2) is 0 Å². The molecule has 0 spiro atoms. The zero-order chi connectivity index (χ0) is 19.9. The maximum Gasteiger partial charge on any atom is 0.128 e. The van der Waals surface area contributed by atoms with Crippen LogP contribution in [0.3, 0.4) is 0 Å². The highest BCUT2D eigenvalue weighted by molar-refractivity contribution is 6.32. The highest BCUT2D eigenvalue weighted by Crippen LogP contribution is 2.25. The second kappa shape index (κ2) is 9.80. The van der Waals surface area contributed by atoms with Crippen LogP contribution in [0.5, 0.6) is 0 Å². The van der Waals surface area contributed by atoms with Gasteiger partial charge in [0.2, 0.25) is 0 Å². The minimum atomic E-state index is 0.547. The van der Waals surface area contributed by atoms with Crippen LogP contribution in [0.25, 0.3) is 16.6 Å². The van der Waals surface area contributed by atoms with Crippen LogP contribution in [0.4, 0.5) is 5.82 Å². The summed E-state index contributed by atoms with van der Waals surface area (Å²) in [6.45, 7) is 5.99. The third-order valence-electron chi connectivity index (χ3n) is 4.41. The lowest BCUT2D eigenvalue weighted by Gasteiger charge is -2.15. The maximum atomic E-state index is 6.21. The molecule has 1 aromatic carbocycles. The summed E-state index contributed by atoms with van der Waals surface area (Å²) in [5, 5.41) is 13.0. The van der Waals surface area contributed by atoms with E-state index in [2.05, 4.69) is 33.8 Å². The molecule has 1 aliphatic rings. The molecule has 3 aromatic rings. The average Bonchev–Trinajstić information content (AvgIpc) is 3.06. The van der Waals surface area contributed by atoms with E-state index in [4.69, 9.17) is 23.2 Å². The number of anilines is 1. The standard InChI is InChI=1S/C14H12Cl2N4.C7H13N/c1-2-17-14-6-13(11(16)7-18-14)20-8-9-5-10(15)3-4-12(9)19-20;1-2-8-6-7-4-3-5-7/h3-8H,2H2,1H3,(H,17,18);6,8H,2-5H2,1H3. The van der Waals surface area contributed by atoms with Crippen LogP contribution < -0.4 is 10.6 Å². The Bertz CT molecular complexity index is 959. The number of benzene rings is 1. The van der Waals surface area contributed by atoms with Gasteiger partial charge in [-0.25, -0.2) is 9.67 Å². The van der Waals surface area contributed by atoms with E-state index in [0.717, 1.165) is 35.5 Å². The second-order valence-electron chi connectivity index (χ2n) is 6.54. The second-order valence-corrected chi connectivity index (χ2v) is 7.39. The highest BCUT2D eigenvalue weighted by Gasteiger charge is 2.09. The number of hydrogen-bond acceptors (Lipinski definition) is 4. The Kier molecular flexibility index (Phi) is 7.18. The van der Waals surface area contributed by atoms with Gasteiger partial charge < -0.3 is 10.6 Å². The van der Waals surface area contributed by atoms with E-state index >= 15 is 0 Å². The number of hydrogen-bond donors (Lipinski definition) is 2. The largest absolute Gasteiger partial charge is 0.391 e. The monoisotopic (exact) mass is 417 g/mol. The molecule has 4 rings (SSSR count). The van der Waals surface area contributed by atoms with Gasteiger partial charge in [0.1, 0.15) is 5.82 Å². The molecule has 0 radical (unpaired) electrons. The van der Waals surface area contributed by atoms with Crippen LogP contribution in [-0.2, 0) is 0 Å². The minimum Gasteiger partial charge on any atom is -0.391 e. The van der Waals surface area contributed by atoms with Crippen molar-refractivity contribution in [1.82, 2.24) is 20.1 Å². The third-order valence-corrected chi connectivity index (χ3v) is 4.94. The zero-order valence-electron chi connectivity index (χ0n) is 16.2. The highest BCUT2D eigenvalue weighted by atomic mass is 35.5. The van der Waals surface area contributed by atoms with Crippen LogP contribution in [0.15, 0.2) is 48.4 Å². The first-order chi connectivity index (χ1) is 13.6. The lowest BCUT2D eigenvalue weighted by Crippen LogP contribution is -2.07. The van der Waals surface area contributed by atoms with E-state index in [0.29, 0.717) is 10.0 Å². The summed E-state index contributed by atoms with van der Waals surface area (Å²) >= 11 is 12.2. The van der Waals surface area contributed by atoms with Gasteiger partial charge in [0.25, 0.3) is 0 Å². The van der Waals surface area contributed by atoms with Crippen molar-refractivity contribution in [3.05, 3.63) is 58.5 Å². The van der Waals surface area contributed by atoms with Crippen molar-refractivity contribution in [3.63, 3.8) is 0 Å². The molecule has 1 fully saturated rings. The van der Waals surface area contributed by atoms with Gasteiger partial charge in [0, 0.05) is 35.8 Å². The van der Waals surface area contributed by atoms with E-state index < -0.39 is 0 Å². The van der Waals surface area contributed by atoms with Crippen LogP contribution in [0.1, 0.15) is 33.1 Å². The van der Waals surface area contributed by atoms with Crippen molar-refractivity contribution in [3.8, 4) is 5.69 Å². The van der Waals surface area contributed by atoms with E-state index in [1.54, 1.807) is 16.5 Å². The molecule has 0 amide bonds. The molecule has 1 aliphatic carbocycles. The van der Waals surface area contributed by atoms with Gasteiger partial charge in [-0.1, -0.05) is 28.8 Å². The van der Waals surface area contributed by atoms with Gasteiger partial charge >= 0.3 is 0 Å². The van der Waals surface area contributed by atoms with Crippen molar-refractivity contribution >= 4 is 39.9 Å². The van der Waals surface area contributed by atoms with E-state index in [-0.39, 0.29) is 0 Å². The summed E-state index contributed by atoms with van der Waals surface area (Å²) in [4.78, 5) is 4.22. The molecular weight excluding hydrogens is 393 g/mol. The lowest BCUT2D eigenvalue weighted by molar-refractivity contribution is 0.649. The summed E-state index contributed by atoms with van der Waals surface area (Å²) in [7, 11) is 0. The fraction of sp³-hybridized carbons (Fsp3) is 0.333. The normalized spacial score (nSPS) is 12.8. The average molecular weight is 418 g/mol. The molecule has 0 bridgehead atoms.